The maximum absolute atomic E-state index is 11.5. The number of ether oxygens (including phenoxy) is 1. The molecule has 1 unspecified atom stereocenters. The largest absolute Gasteiger partial charge is 0.393 e. The standard InChI is InChI=1S/C11H16O3/c12-10-7-6-9(11(13)14-10)8-4-2-1-3-5-8/h8-9H,1-7H2. The minimum absolute atomic E-state index is 0.00741. The van der Waals surface area contributed by atoms with Crippen molar-refractivity contribution >= 4 is 11.9 Å². The molecule has 14 heavy (non-hydrogen) atoms. The number of esters is 2. The first-order valence-electron chi connectivity index (χ1n) is 5.52. The van der Waals surface area contributed by atoms with Gasteiger partial charge in [-0.2, -0.15) is 0 Å². The van der Waals surface area contributed by atoms with Crippen LogP contribution in [0, 0.1) is 11.8 Å². The highest BCUT2D eigenvalue weighted by Gasteiger charge is 2.35. The van der Waals surface area contributed by atoms with Gasteiger partial charge in [0.2, 0.25) is 0 Å². The Kier molecular flexibility index (Phi) is 2.85. The maximum Gasteiger partial charge on any atom is 0.316 e. The van der Waals surface area contributed by atoms with E-state index in [1.165, 1.54) is 19.3 Å². The van der Waals surface area contributed by atoms with E-state index in [0.29, 0.717) is 18.8 Å². The van der Waals surface area contributed by atoms with E-state index in [9.17, 15) is 9.59 Å². The highest BCUT2D eigenvalue weighted by molar-refractivity contribution is 5.89. The lowest BCUT2D eigenvalue weighted by atomic mass is 9.77. The van der Waals surface area contributed by atoms with Crippen LogP contribution in [0.1, 0.15) is 44.9 Å². The molecule has 0 spiro atoms. The number of carbonyl (C=O) groups is 2. The van der Waals surface area contributed by atoms with Crippen LogP contribution in [0.2, 0.25) is 0 Å². The van der Waals surface area contributed by atoms with Gasteiger partial charge in [0.15, 0.2) is 0 Å². The Morgan fingerprint density at radius 3 is 2.36 bits per heavy atom. The van der Waals surface area contributed by atoms with Crippen molar-refractivity contribution in [3.05, 3.63) is 0 Å². The predicted octanol–water partition coefficient (Wildman–Crippen LogP) is 2.05. The van der Waals surface area contributed by atoms with E-state index in [1.807, 2.05) is 0 Å². The zero-order valence-electron chi connectivity index (χ0n) is 8.33. The third-order valence-corrected chi connectivity index (χ3v) is 3.40. The second-order valence-electron chi connectivity index (χ2n) is 4.34. The molecule has 2 aliphatic rings. The first-order valence-corrected chi connectivity index (χ1v) is 5.52. The van der Waals surface area contributed by atoms with E-state index in [4.69, 9.17) is 0 Å². The Hall–Kier alpha value is -0.860. The summed E-state index contributed by atoms with van der Waals surface area (Å²) in [7, 11) is 0. The van der Waals surface area contributed by atoms with Crippen LogP contribution in [0.25, 0.3) is 0 Å². The molecule has 0 aromatic carbocycles. The summed E-state index contributed by atoms with van der Waals surface area (Å²) in [5.74, 6) is -0.132. The molecule has 1 saturated heterocycles. The summed E-state index contributed by atoms with van der Waals surface area (Å²) < 4.78 is 4.67. The normalized spacial score (nSPS) is 30.1. The van der Waals surface area contributed by atoms with E-state index in [-0.39, 0.29) is 17.9 Å². The number of carbonyl (C=O) groups excluding carboxylic acids is 2. The second kappa shape index (κ2) is 4.11. The summed E-state index contributed by atoms with van der Waals surface area (Å²) in [6.45, 7) is 0. The molecule has 3 heteroatoms. The molecule has 1 aliphatic carbocycles. The lowest BCUT2D eigenvalue weighted by Crippen LogP contribution is -2.33. The summed E-state index contributed by atoms with van der Waals surface area (Å²) >= 11 is 0. The monoisotopic (exact) mass is 196 g/mol. The molecule has 0 aromatic heterocycles. The van der Waals surface area contributed by atoms with E-state index in [2.05, 4.69) is 4.74 Å². The van der Waals surface area contributed by atoms with E-state index in [1.54, 1.807) is 0 Å². The molecule has 3 nitrogen and oxygen atoms in total. The topological polar surface area (TPSA) is 43.4 Å². The number of rotatable bonds is 1. The van der Waals surface area contributed by atoms with Crippen LogP contribution < -0.4 is 0 Å². The van der Waals surface area contributed by atoms with Crippen molar-refractivity contribution in [3.8, 4) is 0 Å². The molecule has 0 N–H and O–H groups in total. The van der Waals surface area contributed by atoms with Crippen molar-refractivity contribution in [3.63, 3.8) is 0 Å². The van der Waals surface area contributed by atoms with E-state index >= 15 is 0 Å². The van der Waals surface area contributed by atoms with Crippen molar-refractivity contribution in [1.29, 1.82) is 0 Å². The van der Waals surface area contributed by atoms with Crippen molar-refractivity contribution < 1.29 is 14.3 Å². The number of hydrogen-bond donors (Lipinski definition) is 0. The average molecular weight is 196 g/mol. The fourth-order valence-corrected chi connectivity index (χ4v) is 2.59. The summed E-state index contributed by atoms with van der Waals surface area (Å²) in [5, 5.41) is 0. The molecular formula is C11H16O3. The van der Waals surface area contributed by atoms with Gasteiger partial charge in [-0.1, -0.05) is 19.3 Å². The summed E-state index contributed by atoms with van der Waals surface area (Å²) in [5.41, 5.74) is 0. The fraction of sp³-hybridized carbons (Fsp3) is 0.818. The second-order valence-corrected chi connectivity index (χ2v) is 4.34. The molecule has 78 valence electrons. The van der Waals surface area contributed by atoms with Gasteiger partial charge < -0.3 is 4.74 Å². The Morgan fingerprint density at radius 1 is 1.00 bits per heavy atom. The van der Waals surface area contributed by atoms with Crippen LogP contribution in [0.15, 0.2) is 0 Å². The highest BCUT2D eigenvalue weighted by atomic mass is 16.6. The van der Waals surface area contributed by atoms with Gasteiger partial charge in [-0.05, 0) is 25.2 Å². The Labute approximate surface area is 83.8 Å². The maximum atomic E-state index is 11.5. The molecule has 0 amide bonds. The summed E-state index contributed by atoms with van der Waals surface area (Å²) in [4.78, 5) is 22.3. The highest BCUT2D eigenvalue weighted by Crippen LogP contribution is 2.34. The number of cyclic esters (lactones) is 2. The molecule has 2 fully saturated rings. The minimum Gasteiger partial charge on any atom is -0.393 e. The van der Waals surface area contributed by atoms with Crippen molar-refractivity contribution in [2.24, 2.45) is 11.8 Å². The lowest BCUT2D eigenvalue weighted by Gasteiger charge is -2.30. The third kappa shape index (κ3) is 1.97. The first-order chi connectivity index (χ1) is 6.77. The zero-order chi connectivity index (χ0) is 9.97. The molecule has 0 aromatic rings. The third-order valence-electron chi connectivity index (χ3n) is 3.40. The van der Waals surface area contributed by atoms with Crippen molar-refractivity contribution in [2.45, 2.75) is 44.9 Å². The molecule has 1 saturated carbocycles. The van der Waals surface area contributed by atoms with Gasteiger partial charge in [-0.3, -0.25) is 9.59 Å². The number of hydrogen-bond acceptors (Lipinski definition) is 3. The van der Waals surface area contributed by atoms with E-state index in [0.717, 1.165) is 12.8 Å². The molecular weight excluding hydrogens is 180 g/mol. The van der Waals surface area contributed by atoms with Crippen LogP contribution in [0.3, 0.4) is 0 Å². The lowest BCUT2D eigenvalue weighted by molar-refractivity contribution is -0.169. The van der Waals surface area contributed by atoms with Gasteiger partial charge in [0, 0.05) is 6.42 Å². The van der Waals surface area contributed by atoms with Gasteiger partial charge >= 0.3 is 11.9 Å². The van der Waals surface area contributed by atoms with Crippen LogP contribution >= 0.6 is 0 Å². The Bertz CT molecular complexity index is 241. The van der Waals surface area contributed by atoms with Crippen LogP contribution in [0.4, 0.5) is 0 Å². The summed E-state index contributed by atoms with van der Waals surface area (Å²) in [6, 6.07) is 0. The van der Waals surface area contributed by atoms with Gasteiger partial charge in [-0.25, -0.2) is 0 Å². The minimum atomic E-state index is -0.345. The van der Waals surface area contributed by atoms with Crippen molar-refractivity contribution in [2.75, 3.05) is 0 Å². The van der Waals surface area contributed by atoms with E-state index < -0.39 is 0 Å². The van der Waals surface area contributed by atoms with Gasteiger partial charge in [0.25, 0.3) is 0 Å². The van der Waals surface area contributed by atoms with Crippen LogP contribution in [-0.4, -0.2) is 11.9 Å². The smallest absolute Gasteiger partial charge is 0.316 e. The van der Waals surface area contributed by atoms with Crippen molar-refractivity contribution in [1.82, 2.24) is 0 Å². The fourth-order valence-electron chi connectivity index (χ4n) is 2.59. The quantitative estimate of drug-likeness (QED) is 0.476. The Balaban J connectivity index is 1.95. The molecule has 1 aliphatic heterocycles. The molecule has 1 heterocycles. The summed E-state index contributed by atoms with van der Waals surface area (Å²) in [6.07, 6.45) is 7.14. The molecule has 1 atom stereocenters. The van der Waals surface area contributed by atoms with Crippen LogP contribution in [0.5, 0.6) is 0 Å². The molecule has 2 rings (SSSR count). The van der Waals surface area contributed by atoms with Gasteiger partial charge in [-0.15, -0.1) is 0 Å². The zero-order valence-corrected chi connectivity index (χ0v) is 8.33. The average Bonchev–Trinajstić information content (AvgIpc) is 2.19. The molecule has 0 bridgehead atoms. The Morgan fingerprint density at radius 2 is 1.71 bits per heavy atom. The van der Waals surface area contributed by atoms with Gasteiger partial charge in [0.05, 0.1) is 5.92 Å². The van der Waals surface area contributed by atoms with Gasteiger partial charge in [0.1, 0.15) is 0 Å². The predicted molar refractivity (Wildman–Crippen MR) is 50.4 cm³/mol. The molecule has 0 radical (unpaired) electrons. The van der Waals surface area contributed by atoms with Crippen LogP contribution in [-0.2, 0) is 14.3 Å². The first kappa shape index (κ1) is 9.69. The SMILES string of the molecule is O=C1CCC(C2CCCCC2)C(=O)O1.